The average molecular weight is 350 g/mol. The Labute approximate surface area is 137 Å². The lowest BCUT2D eigenvalue weighted by atomic mass is 9.78. The van der Waals surface area contributed by atoms with E-state index in [0.29, 0.717) is 17.0 Å². The molecule has 2 aromatic carbocycles. The number of benzene rings is 2. The summed E-state index contributed by atoms with van der Waals surface area (Å²) in [6.45, 7) is 0. The lowest BCUT2D eigenvalue weighted by molar-refractivity contribution is 0.527. The number of halogens is 5. The summed E-state index contributed by atoms with van der Waals surface area (Å²) >= 11 is 18.3. The maximum Gasteiger partial charge on any atom is 0.124 e. The van der Waals surface area contributed by atoms with Gasteiger partial charge in [-0.1, -0.05) is 29.8 Å². The highest BCUT2D eigenvalue weighted by molar-refractivity contribution is 6.31. The zero-order chi connectivity index (χ0) is 15.5. The summed E-state index contributed by atoms with van der Waals surface area (Å²) < 4.78 is 26.6. The molecular formula is C16H13Cl3F2. The van der Waals surface area contributed by atoms with Crippen molar-refractivity contribution in [2.24, 2.45) is 0 Å². The van der Waals surface area contributed by atoms with E-state index in [-0.39, 0.29) is 17.6 Å². The van der Waals surface area contributed by atoms with Crippen LogP contribution >= 0.6 is 34.8 Å². The molecule has 0 atom stereocenters. The first kappa shape index (κ1) is 16.5. The standard InChI is InChI=1S/C16H13Cl3F2/c17-9-16(10-18,12-2-1-3-13(20)6-12)8-11-4-5-14(21)7-15(11)19/h1-7H,8-10H2. The van der Waals surface area contributed by atoms with Gasteiger partial charge in [0.25, 0.3) is 0 Å². The molecule has 0 aliphatic heterocycles. The summed E-state index contributed by atoms with van der Waals surface area (Å²) in [6.07, 6.45) is 0.405. The summed E-state index contributed by atoms with van der Waals surface area (Å²) in [5.41, 5.74) is 0.767. The fraction of sp³-hybridized carbons (Fsp3) is 0.250. The number of rotatable bonds is 5. The predicted octanol–water partition coefficient (Wildman–Crippen LogP) is 5.58. The van der Waals surface area contributed by atoms with Crippen LogP contribution in [-0.2, 0) is 11.8 Å². The van der Waals surface area contributed by atoms with Crippen molar-refractivity contribution in [1.29, 1.82) is 0 Å². The molecule has 0 unspecified atom stereocenters. The van der Waals surface area contributed by atoms with Crippen molar-refractivity contribution in [1.82, 2.24) is 0 Å². The molecule has 0 saturated heterocycles. The number of alkyl halides is 2. The molecule has 0 heterocycles. The van der Waals surface area contributed by atoms with Gasteiger partial charge in [0.1, 0.15) is 11.6 Å². The molecule has 0 N–H and O–H groups in total. The van der Waals surface area contributed by atoms with Crippen molar-refractivity contribution in [2.45, 2.75) is 11.8 Å². The molecule has 0 radical (unpaired) electrons. The van der Waals surface area contributed by atoms with Gasteiger partial charge in [-0.3, -0.25) is 0 Å². The van der Waals surface area contributed by atoms with E-state index < -0.39 is 11.2 Å². The Morgan fingerprint density at radius 3 is 2.14 bits per heavy atom. The van der Waals surface area contributed by atoms with Gasteiger partial charge < -0.3 is 0 Å². The maximum atomic E-state index is 13.5. The Kier molecular flexibility index (Phi) is 5.48. The molecule has 0 aliphatic rings. The van der Waals surface area contributed by atoms with Crippen molar-refractivity contribution >= 4 is 34.8 Å². The van der Waals surface area contributed by atoms with Gasteiger partial charge >= 0.3 is 0 Å². The largest absolute Gasteiger partial charge is 0.207 e. The van der Waals surface area contributed by atoms with Gasteiger partial charge in [-0.05, 0) is 41.8 Å². The Balaban J connectivity index is 2.43. The lowest BCUT2D eigenvalue weighted by Gasteiger charge is -2.31. The van der Waals surface area contributed by atoms with E-state index in [1.165, 1.54) is 24.3 Å². The van der Waals surface area contributed by atoms with E-state index in [4.69, 9.17) is 34.8 Å². The summed E-state index contributed by atoms with van der Waals surface area (Å²) in [7, 11) is 0. The minimum Gasteiger partial charge on any atom is -0.207 e. The minimum atomic E-state index is -0.660. The third-order valence-electron chi connectivity index (χ3n) is 3.49. The van der Waals surface area contributed by atoms with Crippen molar-refractivity contribution in [3.8, 4) is 0 Å². The fourth-order valence-electron chi connectivity index (χ4n) is 2.23. The van der Waals surface area contributed by atoms with Crippen LogP contribution < -0.4 is 0 Å². The van der Waals surface area contributed by atoms with E-state index in [1.54, 1.807) is 18.2 Å². The highest BCUT2D eigenvalue weighted by Gasteiger charge is 2.32. The van der Waals surface area contributed by atoms with Crippen molar-refractivity contribution in [2.75, 3.05) is 11.8 Å². The predicted molar refractivity (Wildman–Crippen MR) is 84.6 cm³/mol. The first-order valence-corrected chi connectivity index (χ1v) is 7.77. The monoisotopic (exact) mass is 348 g/mol. The number of hydrogen-bond acceptors (Lipinski definition) is 0. The molecule has 5 heteroatoms. The molecule has 21 heavy (non-hydrogen) atoms. The lowest BCUT2D eigenvalue weighted by Crippen LogP contribution is -2.33. The molecule has 0 bridgehead atoms. The zero-order valence-corrected chi connectivity index (χ0v) is 13.3. The van der Waals surface area contributed by atoms with Crippen LogP contribution in [0.25, 0.3) is 0 Å². The van der Waals surface area contributed by atoms with Gasteiger partial charge in [-0.15, -0.1) is 23.2 Å². The molecule has 0 aromatic heterocycles. The smallest absolute Gasteiger partial charge is 0.124 e. The third-order valence-corrected chi connectivity index (χ3v) is 4.87. The normalized spacial score (nSPS) is 11.7. The van der Waals surface area contributed by atoms with Gasteiger partial charge in [0.2, 0.25) is 0 Å². The Hall–Kier alpha value is -0.830. The molecule has 0 saturated carbocycles. The van der Waals surface area contributed by atoms with E-state index in [9.17, 15) is 8.78 Å². The maximum absolute atomic E-state index is 13.5. The van der Waals surface area contributed by atoms with Crippen LogP contribution in [0.1, 0.15) is 11.1 Å². The van der Waals surface area contributed by atoms with Crippen LogP contribution in [0.2, 0.25) is 5.02 Å². The van der Waals surface area contributed by atoms with Gasteiger partial charge in [0.15, 0.2) is 0 Å². The van der Waals surface area contributed by atoms with E-state index in [1.807, 2.05) is 0 Å². The molecule has 2 aromatic rings. The molecule has 0 aliphatic carbocycles. The zero-order valence-electron chi connectivity index (χ0n) is 11.1. The van der Waals surface area contributed by atoms with Crippen molar-refractivity contribution in [3.05, 3.63) is 70.2 Å². The van der Waals surface area contributed by atoms with Crippen LogP contribution in [0.4, 0.5) is 8.78 Å². The second kappa shape index (κ2) is 6.95. The SMILES string of the molecule is Fc1cccc(C(CCl)(CCl)Cc2ccc(F)cc2Cl)c1. The first-order valence-electron chi connectivity index (χ1n) is 6.33. The summed E-state index contributed by atoms with van der Waals surface area (Å²) in [6, 6.07) is 10.4. The summed E-state index contributed by atoms with van der Waals surface area (Å²) in [5.74, 6) is -0.351. The van der Waals surface area contributed by atoms with Crippen LogP contribution in [0, 0.1) is 11.6 Å². The van der Waals surface area contributed by atoms with E-state index in [2.05, 4.69) is 0 Å². The molecule has 112 valence electrons. The Morgan fingerprint density at radius 2 is 1.57 bits per heavy atom. The molecule has 0 spiro atoms. The third kappa shape index (κ3) is 3.68. The van der Waals surface area contributed by atoms with Gasteiger partial charge in [-0.25, -0.2) is 8.78 Å². The fourth-order valence-corrected chi connectivity index (χ4v) is 3.25. The Bertz CT molecular complexity index is 625. The first-order chi connectivity index (χ1) is 10.0. The quantitative estimate of drug-likeness (QED) is 0.618. The highest BCUT2D eigenvalue weighted by Crippen LogP contribution is 2.34. The topological polar surface area (TPSA) is 0 Å². The van der Waals surface area contributed by atoms with E-state index >= 15 is 0 Å². The van der Waals surface area contributed by atoms with E-state index in [0.717, 1.165) is 5.56 Å². The second-order valence-corrected chi connectivity index (χ2v) is 5.91. The van der Waals surface area contributed by atoms with Crippen LogP contribution in [0.3, 0.4) is 0 Å². The Morgan fingerprint density at radius 1 is 0.905 bits per heavy atom. The molecule has 0 amide bonds. The van der Waals surface area contributed by atoms with Gasteiger partial charge in [0, 0.05) is 22.2 Å². The molecule has 2 rings (SSSR count). The average Bonchev–Trinajstić information content (AvgIpc) is 2.47. The second-order valence-electron chi connectivity index (χ2n) is 4.97. The van der Waals surface area contributed by atoms with Crippen LogP contribution in [0.5, 0.6) is 0 Å². The van der Waals surface area contributed by atoms with Crippen LogP contribution in [0.15, 0.2) is 42.5 Å². The highest BCUT2D eigenvalue weighted by atomic mass is 35.5. The summed E-state index contributed by atoms with van der Waals surface area (Å²) in [5, 5.41) is 0.311. The molecule has 0 fully saturated rings. The summed E-state index contributed by atoms with van der Waals surface area (Å²) in [4.78, 5) is 0. The molecular weight excluding hydrogens is 337 g/mol. The minimum absolute atomic E-state index is 0.202. The van der Waals surface area contributed by atoms with Gasteiger partial charge in [-0.2, -0.15) is 0 Å². The molecule has 0 nitrogen and oxygen atoms in total. The van der Waals surface area contributed by atoms with Crippen molar-refractivity contribution < 1.29 is 8.78 Å². The van der Waals surface area contributed by atoms with Crippen molar-refractivity contribution in [3.63, 3.8) is 0 Å². The number of hydrogen-bond donors (Lipinski definition) is 0. The van der Waals surface area contributed by atoms with Gasteiger partial charge in [0.05, 0.1) is 0 Å². The van der Waals surface area contributed by atoms with Crippen LogP contribution in [-0.4, -0.2) is 11.8 Å².